The average Bonchev–Trinajstić information content (AvgIpc) is 2.82. The van der Waals surface area contributed by atoms with Gasteiger partial charge in [-0.25, -0.2) is 0 Å². The molecule has 2 N–H and O–H groups in total. The Balaban J connectivity index is 1.93. The van der Waals surface area contributed by atoms with Gasteiger partial charge in [0.05, 0.1) is 6.20 Å². The average molecular weight is 251 g/mol. The van der Waals surface area contributed by atoms with Crippen molar-refractivity contribution in [3.8, 4) is 0 Å². The second-order valence-corrected chi connectivity index (χ2v) is 5.04. The zero-order valence-electron chi connectivity index (χ0n) is 10.9. The van der Waals surface area contributed by atoms with Gasteiger partial charge in [0.2, 0.25) is 0 Å². The lowest BCUT2D eigenvalue weighted by Crippen LogP contribution is -2.43. The van der Waals surface area contributed by atoms with Crippen molar-refractivity contribution < 1.29 is 9.53 Å². The summed E-state index contributed by atoms with van der Waals surface area (Å²) in [7, 11) is 1.88. The van der Waals surface area contributed by atoms with Crippen LogP contribution in [-0.2, 0) is 23.0 Å². The number of ether oxygens (including phenoxy) is 1. The smallest absolute Gasteiger partial charge is 0.140 e. The van der Waals surface area contributed by atoms with Crippen molar-refractivity contribution in [3.05, 3.63) is 18.0 Å². The molecule has 1 saturated heterocycles. The SMILES string of the molecule is Cn1cc(CCC(=O)C2(CN)CCOCC2)cn1. The third-order valence-corrected chi connectivity index (χ3v) is 3.83. The van der Waals surface area contributed by atoms with Crippen molar-refractivity contribution in [3.63, 3.8) is 0 Å². The van der Waals surface area contributed by atoms with Gasteiger partial charge in [-0.2, -0.15) is 5.10 Å². The molecule has 0 aromatic carbocycles. The van der Waals surface area contributed by atoms with E-state index < -0.39 is 0 Å². The predicted octanol–water partition coefficient (Wildman–Crippen LogP) is 0.677. The maximum absolute atomic E-state index is 12.4. The third kappa shape index (κ3) is 2.79. The molecule has 2 heterocycles. The zero-order valence-corrected chi connectivity index (χ0v) is 10.9. The third-order valence-electron chi connectivity index (χ3n) is 3.83. The summed E-state index contributed by atoms with van der Waals surface area (Å²) in [6, 6.07) is 0. The van der Waals surface area contributed by atoms with Crippen LogP contribution in [0.5, 0.6) is 0 Å². The highest BCUT2D eigenvalue weighted by Crippen LogP contribution is 2.31. The number of Topliss-reactive ketones (excluding diaryl/α,β-unsaturated/α-hetero) is 1. The maximum Gasteiger partial charge on any atom is 0.140 e. The number of carbonyl (C=O) groups is 1. The summed E-state index contributed by atoms with van der Waals surface area (Å²) >= 11 is 0. The van der Waals surface area contributed by atoms with E-state index in [9.17, 15) is 4.79 Å². The number of hydrogen-bond donors (Lipinski definition) is 1. The quantitative estimate of drug-likeness (QED) is 0.835. The lowest BCUT2D eigenvalue weighted by atomic mass is 9.75. The molecule has 0 saturated carbocycles. The topological polar surface area (TPSA) is 70.1 Å². The molecule has 0 amide bonds. The number of rotatable bonds is 5. The highest BCUT2D eigenvalue weighted by atomic mass is 16.5. The fourth-order valence-corrected chi connectivity index (χ4v) is 2.48. The molecule has 0 spiro atoms. The Kier molecular flexibility index (Phi) is 4.14. The summed E-state index contributed by atoms with van der Waals surface area (Å²) in [6.45, 7) is 1.73. The van der Waals surface area contributed by atoms with Gasteiger partial charge in [-0.15, -0.1) is 0 Å². The van der Waals surface area contributed by atoms with Gasteiger partial charge in [0.15, 0.2) is 0 Å². The molecule has 2 rings (SSSR count). The molecular weight excluding hydrogens is 230 g/mol. The van der Waals surface area contributed by atoms with Crippen molar-refractivity contribution >= 4 is 5.78 Å². The van der Waals surface area contributed by atoms with Gasteiger partial charge in [0, 0.05) is 44.8 Å². The summed E-state index contributed by atoms with van der Waals surface area (Å²) in [5, 5.41) is 4.11. The van der Waals surface area contributed by atoms with Gasteiger partial charge < -0.3 is 10.5 Å². The highest BCUT2D eigenvalue weighted by Gasteiger charge is 2.37. The van der Waals surface area contributed by atoms with Gasteiger partial charge in [0.1, 0.15) is 5.78 Å². The first-order chi connectivity index (χ1) is 8.66. The molecule has 1 aliphatic heterocycles. The summed E-state index contributed by atoms with van der Waals surface area (Å²) in [4.78, 5) is 12.4. The van der Waals surface area contributed by atoms with Crippen molar-refractivity contribution in [2.45, 2.75) is 25.7 Å². The maximum atomic E-state index is 12.4. The van der Waals surface area contributed by atoms with Crippen molar-refractivity contribution in [2.24, 2.45) is 18.2 Å². The Morgan fingerprint density at radius 2 is 2.28 bits per heavy atom. The minimum absolute atomic E-state index is 0.275. The first-order valence-corrected chi connectivity index (χ1v) is 6.45. The molecule has 100 valence electrons. The monoisotopic (exact) mass is 251 g/mol. The van der Waals surface area contributed by atoms with E-state index in [1.807, 2.05) is 19.4 Å². The number of hydrogen-bond acceptors (Lipinski definition) is 4. The fourth-order valence-electron chi connectivity index (χ4n) is 2.48. The molecule has 1 fully saturated rings. The van der Waals surface area contributed by atoms with E-state index in [-0.39, 0.29) is 11.2 Å². The Morgan fingerprint density at radius 3 is 2.83 bits per heavy atom. The summed E-state index contributed by atoms with van der Waals surface area (Å²) in [5.74, 6) is 0.275. The van der Waals surface area contributed by atoms with Gasteiger partial charge in [-0.05, 0) is 24.8 Å². The number of nitrogens with zero attached hydrogens (tertiary/aromatic N) is 2. The Morgan fingerprint density at radius 1 is 1.56 bits per heavy atom. The first-order valence-electron chi connectivity index (χ1n) is 6.45. The van der Waals surface area contributed by atoms with Gasteiger partial charge in [-0.3, -0.25) is 9.48 Å². The predicted molar refractivity (Wildman–Crippen MR) is 68.1 cm³/mol. The van der Waals surface area contributed by atoms with E-state index in [4.69, 9.17) is 10.5 Å². The van der Waals surface area contributed by atoms with Crippen LogP contribution in [0.4, 0.5) is 0 Å². The van der Waals surface area contributed by atoms with Gasteiger partial charge in [0.25, 0.3) is 0 Å². The highest BCUT2D eigenvalue weighted by molar-refractivity contribution is 5.85. The molecule has 1 aromatic heterocycles. The zero-order chi connectivity index (χ0) is 13.0. The molecule has 0 atom stereocenters. The van der Waals surface area contributed by atoms with E-state index in [0.717, 1.165) is 24.8 Å². The normalized spacial score (nSPS) is 18.8. The fraction of sp³-hybridized carbons (Fsp3) is 0.692. The molecule has 0 bridgehead atoms. The number of aromatic nitrogens is 2. The van der Waals surface area contributed by atoms with E-state index in [0.29, 0.717) is 26.2 Å². The molecular formula is C13H21N3O2. The van der Waals surface area contributed by atoms with Crippen molar-refractivity contribution in [2.75, 3.05) is 19.8 Å². The number of ketones is 1. The van der Waals surface area contributed by atoms with E-state index in [2.05, 4.69) is 5.10 Å². The molecule has 0 aliphatic carbocycles. The lowest BCUT2D eigenvalue weighted by Gasteiger charge is -2.34. The number of carbonyl (C=O) groups excluding carboxylic acids is 1. The molecule has 5 heteroatoms. The van der Waals surface area contributed by atoms with Crippen LogP contribution in [0.15, 0.2) is 12.4 Å². The minimum atomic E-state index is -0.347. The van der Waals surface area contributed by atoms with Crippen molar-refractivity contribution in [1.82, 2.24) is 9.78 Å². The van der Waals surface area contributed by atoms with Crippen LogP contribution < -0.4 is 5.73 Å². The van der Waals surface area contributed by atoms with Crippen LogP contribution in [0.2, 0.25) is 0 Å². The van der Waals surface area contributed by atoms with Gasteiger partial charge in [-0.1, -0.05) is 0 Å². The Hall–Kier alpha value is -1.20. The van der Waals surface area contributed by atoms with Crippen LogP contribution in [0, 0.1) is 5.41 Å². The Labute approximate surface area is 107 Å². The number of nitrogens with two attached hydrogens (primary N) is 1. The molecule has 0 unspecified atom stereocenters. The van der Waals surface area contributed by atoms with Crippen molar-refractivity contribution in [1.29, 1.82) is 0 Å². The van der Waals surface area contributed by atoms with Crippen LogP contribution in [0.25, 0.3) is 0 Å². The van der Waals surface area contributed by atoms with Crippen LogP contribution in [0.3, 0.4) is 0 Å². The molecule has 5 nitrogen and oxygen atoms in total. The summed E-state index contributed by atoms with van der Waals surface area (Å²) in [5.41, 5.74) is 6.57. The van der Waals surface area contributed by atoms with Crippen LogP contribution >= 0.6 is 0 Å². The minimum Gasteiger partial charge on any atom is -0.381 e. The molecule has 0 radical (unpaired) electrons. The van der Waals surface area contributed by atoms with Gasteiger partial charge >= 0.3 is 0 Å². The summed E-state index contributed by atoms with van der Waals surface area (Å²) < 4.78 is 7.08. The van der Waals surface area contributed by atoms with Crippen LogP contribution in [0.1, 0.15) is 24.8 Å². The van der Waals surface area contributed by atoms with Crippen LogP contribution in [-0.4, -0.2) is 35.3 Å². The lowest BCUT2D eigenvalue weighted by molar-refractivity contribution is -0.133. The van der Waals surface area contributed by atoms with E-state index in [1.54, 1.807) is 4.68 Å². The van der Waals surface area contributed by atoms with E-state index in [1.165, 1.54) is 0 Å². The number of aryl methyl sites for hydroxylation is 2. The standard InChI is InChI=1S/C13H21N3O2/c1-16-9-11(8-15-16)2-3-12(17)13(10-14)4-6-18-7-5-13/h8-9H,2-7,10,14H2,1H3. The molecule has 1 aromatic rings. The Bertz CT molecular complexity index is 408. The first kappa shape index (κ1) is 13.2. The second-order valence-electron chi connectivity index (χ2n) is 5.04. The van der Waals surface area contributed by atoms with E-state index >= 15 is 0 Å². The second kappa shape index (κ2) is 5.63. The molecule has 1 aliphatic rings. The largest absolute Gasteiger partial charge is 0.381 e. The molecule has 18 heavy (non-hydrogen) atoms. The summed E-state index contributed by atoms with van der Waals surface area (Å²) in [6.07, 6.45) is 6.57.